The van der Waals surface area contributed by atoms with Crippen molar-refractivity contribution < 1.29 is 28.6 Å². The number of hydrogen-bond acceptors (Lipinski definition) is 6. The number of hydrogen-bond donors (Lipinski definition) is 0. The highest BCUT2D eigenvalue weighted by Crippen LogP contribution is 2.16. The van der Waals surface area contributed by atoms with Crippen molar-refractivity contribution in [2.45, 2.75) is 258 Å². The molecule has 0 spiro atoms. The van der Waals surface area contributed by atoms with E-state index in [0.717, 1.165) is 89.9 Å². The van der Waals surface area contributed by atoms with Gasteiger partial charge in [0, 0.05) is 19.3 Å². The Hall–Kier alpha value is -2.63. The van der Waals surface area contributed by atoms with Crippen molar-refractivity contribution in [2.24, 2.45) is 0 Å². The van der Waals surface area contributed by atoms with E-state index in [4.69, 9.17) is 14.2 Å². The van der Waals surface area contributed by atoms with Gasteiger partial charge in [-0.2, -0.15) is 0 Å². The summed E-state index contributed by atoms with van der Waals surface area (Å²) in [6.45, 7) is 6.40. The molecule has 0 aliphatic rings. The first-order valence-electron chi connectivity index (χ1n) is 25.1. The molecule has 0 aliphatic heterocycles. The second-order valence-corrected chi connectivity index (χ2v) is 16.7. The summed E-state index contributed by atoms with van der Waals surface area (Å²) in [5.74, 6) is -0.887. The van der Waals surface area contributed by atoms with Crippen LogP contribution in [0.2, 0.25) is 0 Å². The third-order valence-corrected chi connectivity index (χ3v) is 10.8. The highest BCUT2D eigenvalue weighted by molar-refractivity contribution is 5.71. The summed E-state index contributed by atoms with van der Waals surface area (Å²) in [7, 11) is 0. The third-order valence-electron chi connectivity index (χ3n) is 10.8. The molecule has 0 radical (unpaired) electrons. The van der Waals surface area contributed by atoms with Gasteiger partial charge in [0.05, 0.1) is 0 Å². The molecule has 0 bridgehead atoms. The van der Waals surface area contributed by atoms with Crippen molar-refractivity contribution >= 4 is 17.9 Å². The van der Waals surface area contributed by atoms with Crippen LogP contribution in [0.3, 0.4) is 0 Å². The smallest absolute Gasteiger partial charge is 0.306 e. The van der Waals surface area contributed by atoms with Crippen molar-refractivity contribution in [3.8, 4) is 0 Å². The lowest BCUT2D eigenvalue weighted by Crippen LogP contribution is -2.30. The van der Waals surface area contributed by atoms with Crippen LogP contribution in [0.25, 0.3) is 0 Å². The van der Waals surface area contributed by atoms with Crippen LogP contribution >= 0.6 is 0 Å². The second kappa shape index (κ2) is 48.0. The van der Waals surface area contributed by atoms with E-state index in [0.29, 0.717) is 19.3 Å². The molecule has 0 N–H and O–H groups in total. The molecular weight excluding hydrogens is 733 g/mol. The van der Waals surface area contributed by atoms with Crippen molar-refractivity contribution in [3.63, 3.8) is 0 Å². The van der Waals surface area contributed by atoms with Crippen LogP contribution < -0.4 is 0 Å². The van der Waals surface area contributed by atoms with Gasteiger partial charge in [-0.25, -0.2) is 0 Å². The fraction of sp³-hybridized carbons (Fsp3) is 0.792. The molecule has 0 fully saturated rings. The Kier molecular flexibility index (Phi) is 45.9. The van der Waals surface area contributed by atoms with Crippen LogP contribution in [-0.4, -0.2) is 37.2 Å². The van der Waals surface area contributed by atoms with Gasteiger partial charge in [0.1, 0.15) is 13.2 Å². The monoisotopic (exact) mass is 827 g/mol. The molecule has 0 saturated carbocycles. The lowest BCUT2D eigenvalue weighted by atomic mass is 10.0. The van der Waals surface area contributed by atoms with Gasteiger partial charge >= 0.3 is 17.9 Å². The number of carbonyl (C=O) groups excluding carboxylic acids is 3. The van der Waals surface area contributed by atoms with Crippen LogP contribution in [0.5, 0.6) is 0 Å². The Morgan fingerprint density at radius 3 is 1.03 bits per heavy atom. The first-order chi connectivity index (χ1) is 29.0. The molecule has 0 aromatic carbocycles. The van der Waals surface area contributed by atoms with Crippen LogP contribution in [-0.2, 0) is 28.6 Å². The van der Waals surface area contributed by atoms with Crippen molar-refractivity contribution in [2.75, 3.05) is 13.2 Å². The maximum atomic E-state index is 12.6. The predicted molar refractivity (Wildman–Crippen MR) is 252 cm³/mol. The second-order valence-electron chi connectivity index (χ2n) is 16.7. The Morgan fingerprint density at radius 2 is 0.661 bits per heavy atom. The van der Waals surface area contributed by atoms with Crippen LogP contribution in [0.4, 0.5) is 0 Å². The van der Waals surface area contributed by atoms with E-state index in [1.54, 1.807) is 0 Å². The average molecular weight is 827 g/mol. The average Bonchev–Trinajstić information content (AvgIpc) is 3.23. The Morgan fingerprint density at radius 1 is 0.356 bits per heavy atom. The molecule has 0 rings (SSSR count). The molecule has 1 unspecified atom stereocenters. The maximum Gasteiger partial charge on any atom is 0.306 e. The molecule has 0 amide bonds. The first-order valence-corrected chi connectivity index (χ1v) is 25.1. The van der Waals surface area contributed by atoms with Crippen molar-refractivity contribution in [3.05, 3.63) is 48.6 Å². The molecule has 0 heterocycles. The number of esters is 3. The largest absolute Gasteiger partial charge is 0.462 e. The van der Waals surface area contributed by atoms with E-state index < -0.39 is 6.10 Å². The zero-order valence-electron chi connectivity index (χ0n) is 39.0. The minimum absolute atomic E-state index is 0.0703. The zero-order chi connectivity index (χ0) is 43.0. The Balaban J connectivity index is 3.86. The topological polar surface area (TPSA) is 78.9 Å². The van der Waals surface area contributed by atoms with Gasteiger partial charge in [0.2, 0.25) is 0 Å². The molecule has 0 aromatic rings. The summed E-state index contributed by atoms with van der Waals surface area (Å²) in [4.78, 5) is 37.3. The van der Waals surface area contributed by atoms with Crippen molar-refractivity contribution in [1.29, 1.82) is 0 Å². The van der Waals surface area contributed by atoms with Gasteiger partial charge in [-0.1, -0.05) is 223 Å². The number of unbranched alkanes of at least 4 members (excludes halogenated alkanes) is 26. The van der Waals surface area contributed by atoms with Gasteiger partial charge in [0.25, 0.3) is 0 Å². The Labute approximate surface area is 365 Å². The molecule has 6 heteroatoms. The summed E-state index contributed by atoms with van der Waals surface area (Å²) >= 11 is 0. The van der Waals surface area contributed by atoms with E-state index in [1.807, 2.05) is 0 Å². The maximum absolute atomic E-state index is 12.6. The van der Waals surface area contributed by atoms with Crippen LogP contribution in [0, 0.1) is 0 Å². The summed E-state index contributed by atoms with van der Waals surface area (Å²) in [5.41, 5.74) is 0. The molecule has 1 atom stereocenters. The molecular formula is C53H94O6. The molecule has 342 valence electrons. The molecule has 0 aliphatic carbocycles. The highest BCUT2D eigenvalue weighted by atomic mass is 16.6. The van der Waals surface area contributed by atoms with Crippen LogP contribution in [0.15, 0.2) is 48.6 Å². The summed E-state index contributed by atoms with van der Waals surface area (Å²) in [5, 5.41) is 0. The van der Waals surface area contributed by atoms with Gasteiger partial charge in [-0.05, 0) is 57.8 Å². The lowest BCUT2D eigenvalue weighted by molar-refractivity contribution is -0.167. The molecule has 0 saturated heterocycles. The SMILES string of the molecule is CC/C=C\C/C=C\C/C=C\C/C=C\CCCCCCCCCCCCCCCCCCC(=O)OCC(COC(=O)CCCCCCC)OC(=O)CCCCCCCCC. The van der Waals surface area contributed by atoms with E-state index >= 15 is 0 Å². The highest BCUT2D eigenvalue weighted by Gasteiger charge is 2.19. The molecule has 59 heavy (non-hydrogen) atoms. The normalized spacial score (nSPS) is 12.4. The van der Waals surface area contributed by atoms with Crippen LogP contribution in [0.1, 0.15) is 252 Å². The first kappa shape index (κ1) is 56.4. The van der Waals surface area contributed by atoms with E-state index in [1.165, 1.54) is 122 Å². The number of rotatable bonds is 45. The number of carbonyl (C=O) groups is 3. The van der Waals surface area contributed by atoms with E-state index in [2.05, 4.69) is 69.4 Å². The minimum atomic E-state index is -0.761. The standard InChI is InChI=1S/C53H94O6/c1-4-7-10-13-15-16-17-18-19-20-21-22-23-24-25-26-27-28-29-30-31-32-33-34-35-36-38-40-43-46-52(55)58-49-50(48-57-51(54)45-42-39-12-9-6-3)59-53(56)47-44-41-37-14-11-8-5-2/h7,10,15-16,18-19,21-22,50H,4-6,8-9,11-14,17,20,23-49H2,1-3H3/b10-7-,16-15-,19-18-,22-21-. The fourth-order valence-corrected chi connectivity index (χ4v) is 7.08. The summed E-state index contributed by atoms with van der Waals surface area (Å²) < 4.78 is 16.5. The molecule has 0 aromatic heterocycles. The van der Waals surface area contributed by atoms with Crippen molar-refractivity contribution in [1.82, 2.24) is 0 Å². The predicted octanol–water partition coefficient (Wildman–Crippen LogP) is 16.3. The molecule has 6 nitrogen and oxygen atoms in total. The third kappa shape index (κ3) is 46.3. The summed E-state index contributed by atoms with van der Waals surface area (Å²) in [6.07, 6.45) is 57.4. The van der Waals surface area contributed by atoms with Gasteiger partial charge in [0.15, 0.2) is 6.10 Å². The zero-order valence-corrected chi connectivity index (χ0v) is 39.0. The number of ether oxygens (including phenoxy) is 3. The van der Waals surface area contributed by atoms with Gasteiger partial charge in [-0.3, -0.25) is 14.4 Å². The van der Waals surface area contributed by atoms with Gasteiger partial charge < -0.3 is 14.2 Å². The van der Waals surface area contributed by atoms with E-state index in [-0.39, 0.29) is 31.1 Å². The fourth-order valence-electron chi connectivity index (χ4n) is 7.08. The quantitative estimate of drug-likeness (QED) is 0.0263. The number of allylic oxidation sites excluding steroid dienone is 8. The van der Waals surface area contributed by atoms with E-state index in [9.17, 15) is 14.4 Å². The lowest BCUT2D eigenvalue weighted by Gasteiger charge is -2.18. The Bertz CT molecular complexity index is 1040. The van der Waals surface area contributed by atoms with Gasteiger partial charge in [-0.15, -0.1) is 0 Å². The minimum Gasteiger partial charge on any atom is -0.462 e. The summed E-state index contributed by atoms with van der Waals surface area (Å²) in [6, 6.07) is 0.